The first-order chi connectivity index (χ1) is 10.5. The summed E-state index contributed by atoms with van der Waals surface area (Å²) in [6.45, 7) is 1.14. The minimum absolute atomic E-state index is 0.390. The number of piperidine rings is 1. The number of carbonyl (C=O) groups is 3. The molecule has 3 amide bonds. The molecule has 0 aliphatic carbocycles. The van der Waals surface area contributed by atoms with E-state index in [1.165, 1.54) is 0 Å². The molecule has 0 aromatic carbocycles. The van der Waals surface area contributed by atoms with Gasteiger partial charge in [0, 0.05) is 25.5 Å². The van der Waals surface area contributed by atoms with Gasteiger partial charge >= 0.3 is 0 Å². The molecule has 2 heterocycles. The summed E-state index contributed by atoms with van der Waals surface area (Å²) in [5.41, 5.74) is 10.1. The van der Waals surface area contributed by atoms with Gasteiger partial charge in [0.1, 0.15) is 0 Å². The predicted molar refractivity (Wildman–Crippen MR) is 77.3 cm³/mol. The molecule has 9 nitrogen and oxygen atoms in total. The lowest BCUT2D eigenvalue weighted by Gasteiger charge is -2.32. The van der Waals surface area contributed by atoms with Gasteiger partial charge in [0.2, 0.25) is 23.7 Å². The summed E-state index contributed by atoms with van der Waals surface area (Å²) >= 11 is 0. The van der Waals surface area contributed by atoms with Crippen molar-refractivity contribution >= 4 is 23.7 Å². The maximum absolute atomic E-state index is 12.2. The Labute approximate surface area is 127 Å². The van der Waals surface area contributed by atoms with Crippen LogP contribution in [0.15, 0.2) is 18.5 Å². The minimum Gasteiger partial charge on any atom is -0.367 e. The molecule has 1 aromatic heterocycles. The molecule has 1 aliphatic rings. The van der Waals surface area contributed by atoms with Crippen molar-refractivity contribution in [2.75, 3.05) is 18.0 Å². The summed E-state index contributed by atoms with van der Waals surface area (Å²) in [6.07, 6.45) is 4.66. The molecule has 1 aliphatic heterocycles. The molecule has 0 bridgehead atoms. The molecule has 0 unspecified atom stereocenters. The number of nitrogens with zero attached hydrogens (tertiary/aromatic N) is 3. The first-order valence-corrected chi connectivity index (χ1v) is 6.90. The van der Waals surface area contributed by atoms with Crippen LogP contribution in [-0.2, 0) is 14.4 Å². The smallest absolute Gasteiger partial charge is 0.249 e. The number of primary amides is 2. The molecule has 1 aromatic rings. The minimum atomic E-state index is -1.49. The molecule has 118 valence electrons. The van der Waals surface area contributed by atoms with E-state index in [2.05, 4.69) is 15.3 Å². The van der Waals surface area contributed by atoms with Gasteiger partial charge in [-0.05, 0) is 18.9 Å². The van der Waals surface area contributed by atoms with E-state index >= 15 is 0 Å². The Balaban J connectivity index is 2.01. The van der Waals surface area contributed by atoms with Gasteiger partial charge in [0.25, 0.3) is 0 Å². The van der Waals surface area contributed by atoms with Crippen molar-refractivity contribution in [3.8, 4) is 0 Å². The molecule has 9 heteroatoms. The number of amides is 3. The number of nitrogens with one attached hydrogen (secondary N) is 1. The SMILES string of the molecule is NC(=O)C(NC(=O)[C@@H]1CCCN(c2ncccn2)C1)C(N)=O. The second-order valence-electron chi connectivity index (χ2n) is 5.08. The quantitative estimate of drug-likeness (QED) is 0.544. The summed E-state index contributed by atoms with van der Waals surface area (Å²) in [5, 5.41) is 2.30. The largest absolute Gasteiger partial charge is 0.367 e. The van der Waals surface area contributed by atoms with E-state index in [0.717, 1.165) is 13.0 Å². The molecule has 2 rings (SSSR count). The molecular weight excluding hydrogens is 288 g/mol. The first-order valence-electron chi connectivity index (χ1n) is 6.90. The monoisotopic (exact) mass is 306 g/mol. The van der Waals surface area contributed by atoms with Gasteiger partial charge in [0.05, 0.1) is 5.92 Å². The lowest BCUT2D eigenvalue weighted by molar-refractivity contribution is -0.135. The normalized spacial score (nSPS) is 18.0. The Morgan fingerprint density at radius 2 is 1.86 bits per heavy atom. The van der Waals surface area contributed by atoms with Crippen LogP contribution >= 0.6 is 0 Å². The van der Waals surface area contributed by atoms with Crippen LogP contribution in [0.5, 0.6) is 0 Å². The molecule has 1 fully saturated rings. The maximum Gasteiger partial charge on any atom is 0.249 e. The second kappa shape index (κ2) is 6.83. The van der Waals surface area contributed by atoms with Crippen molar-refractivity contribution in [3.05, 3.63) is 18.5 Å². The van der Waals surface area contributed by atoms with Gasteiger partial charge in [0.15, 0.2) is 6.04 Å². The van der Waals surface area contributed by atoms with Gasteiger partial charge in [-0.25, -0.2) is 9.97 Å². The Morgan fingerprint density at radius 1 is 1.23 bits per heavy atom. The number of rotatable bonds is 5. The third-order valence-corrected chi connectivity index (χ3v) is 3.48. The molecule has 0 spiro atoms. The molecule has 1 saturated heterocycles. The van der Waals surface area contributed by atoms with Crippen LogP contribution in [0.2, 0.25) is 0 Å². The zero-order chi connectivity index (χ0) is 16.1. The van der Waals surface area contributed by atoms with Gasteiger partial charge in [-0.2, -0.15) is 0 Å². The zero-order valence-corrected chi connectivity index (χ0v) is 11.9. The number of aromatic nitrogens is 2. The Hall–Kier alpha value is -2.71. The number of carbonyl (C=O) groups excluding carboxylic acids is 3. The van der Waals surface area contributed by atoms with Crippen LogP contribution in [0, 0.1) is 5.92 Å². The average Bonchev–Trinajstić information content (AvgIpc) is 2.52. The molecule has 0 saturated carbocycles. The standard InChI is InChI=1S/C13H18N6O3/c14-10(20)9(11(15)21)18-12(22)8-3-1-6-19(7-8)13-16-4-2-5-17-13/h2,4-5,8-9H,1,3,6-7H2,(H2,14,20)(H2,15,21)(H,18,22)/t8-/m1/s1. The van der Waals surface area contributed by atoms with E-state index < -0.39 is 29.7 Å². The fraction of sp³-hybridized carbons (Fsp3) is 0.462. The van der Waals surface area contributed by atoms with E-state index in [1.807, 2.05) is 4.90 Å². The van der Waals surface area contributed by atoms with E-state index in [0.29, 0.717) is 18.9 Å². The first kappa shape index (κ1) is 15.7. The fourth-order valence-corrected chi connectivity index (χ4v) is 2.37. The molecule has 22 heavy (non-hydrogen) atoms. The van der Waals surface area contributed by atoms with E-state index in [-0.39, 0.29) is 0 Å². The lowest BCUT2D eigenvalue weighted by atomic mass is 9.97. The Kier molecular flexibility index (Phi) is 4.87. The Morgan fingerprint density at radius 3 is 2.45 bits per heavy atom. The van der Waals surface area contributed by atoms with Crippen molar-refractivity contribution in [2.45, 2.75) is 18.9 Å². The van der Waals surface area contributed by atoms with E-state index in [4.69, 9.17) is 11.5 Å². The van der Waals surface area contributed by atoms with E-state index in [1.54, 1.807) is 18.5 Å². The maximum atomic E-state index is 12.2. The van der Waals surface area contributed by atoms with Crippen molar-refractivity contribution in [2.24, 2.45) is 17.4 Å². The van der Waals surface area contributed by atoms with Crippen LogP contribution in [0.25, 0.3) is 0 Å². The number of anilines is 1. The summed E-state index contributed by atoms with van der Waals surface area (Å²) in [6, 6.07) is 0.220. The average molecular weight is 306 g/mol. The van der Waals surface area contributed by atoms with Crippen LogP contribution in [-0.4, -0.2) is 46.8 Å². The predicted octanol–water partition coefficient (Wildman–Crippen LogP) is -1.85. The van der Waals surface area contributed by atoms with Gasteiger partial charge in [-0.15, -0.1) is 0 Å². The highest BCUT2D eigenvalue weighted by atomic mass is 16.2. The van der Waals surface area contributed by atoms with Crippen molar-refractivity contribution in [3.63, 3.8) is 0 Å². The zero-order valence-electron chi connectivity index (χ0n) is 11.9. The highest BCUT2D eigenvalue weighted by Gasteiger charge is 2.31. The fourth-order valence-electron chi connectivity index (χ4n) is 2.37. The number of hydrogen-bond donors (Lipinski definition) is 3. The summed E-state index contributed by atoms with van der Waals surface area (Å²) < 4.78 is 0. The highest BCUT2D eigenvalue weighted by molar-refractivity contribution is 6.05. The van der Waals surface area contributed by atoms with Gasteiger partial charge < -0.3 is 21.7 Å². The molecule has 5 N–H and O–H groups in total. The third-order valence-electron chi connectivity index (χ3n) is 3.48. The summed E-state index contributed by atoms with van der Waals surface area (Å²) in [4.78, 5) is 44.6. The van der Waals surface area contributed by atoms with E-state index in [9.17, 15) is 14.4 Å². The van der Waals surface area contributed by atoms with Crippen molar-refractivity contribution < 1.29 is 14.4 Å². The summed E-state index contributed by atoms with van der Waals surface area (Å²) in [5.74, 6) is -2.22. The van der Waals surface area contributed by atoms with Crippen LogP contribution in [0.4, 0.5) is 5.95 Å². The topological polar surface area (TPSA) is 144 Å². The summed E-state index contributed by atoms with van der Waals surface area (Å²) in [7, 11) is 0. The van der Waals surface area contributed by atoms with Crippen molar-refractivity contribution in [1.82, 2.24) is 15.3 Å². The lowest BCUT2D eigenvalue weighted by Crippen LogP contribution is -2.55. The van der Waals surface area contributed by atoms with Gasteiger partial charge in [-0.1, -0.05) is 0 Å². The highest BCUT2D eigenvalue weighted by Crippen LogP contribution is 2.20. The molecule has 0 radical (unpaired) electrons. The number of hydrogen-bond acceptors (Lipinski definition) is 6. The van der Waals surface area contributed by atoms with Crippen LogP contribution in [0.3, 0.4) is 0 Å². The van der Waals surface area contributed by atoms with Gasteiger partial charge in [-0.3, -0.25) is 14.4 Å². The molecule has 1 atom stereocenters. The van der Waals surface area contributed by atoms with Crippen LogP contribution in [0.1, 0.15) is 12.8 Å². The number of nitrogens with two attached hydrogens (primary N) is 2. The van der Waals surface area contributed by atoms with Crippen LogP contribution < -0.4 is 21.7 Å². The third kappa shape index (κ3) is 3.68. The second-order valence-corrected chi connectivity index (χ2v) is 5.08. The van der Waals surface area contributed by atoms with Crippen molar-refractivity contribution in [1.29, 1.82) is 0 Å². The Bertz CT molecular complexity index is 550. The molecular formula is C13H18N6O3.